The number of halogens is 1. The van der Waals surface area contributed by atoms with Gasteiger partial charge >= 0.3 is 0 Å². The van der Waals surface area contributed by atoms with Crippen LogP contribution in [-0.4, -0.2) is 10.8 Å². The Morgan fingerprint density at radius 2 is 1.56 bits per heavy atom. The van der Waals surface area contributed by atoms with Crippen molar-refractivity contribution in [1.82, 2.24) is 4.57 Å². The van der Waals surface area contributed by atoms with Crippen molar-refractivity contribution in [2.45, 2.75) is 20.8 Å². The zero-order valence-corrected chi connectivity index (χ0v) is 21.9. The fourth-order valence-electron chi connectivity index (χ4n) is 4.45. The molecule has 2 aromatic heterocycles. The molecule has 0 saturated heterocycles. The normalized spacial score (nSPS) is 11.2. The maximum atomic E-state index is 10.1. The quantitative estimate of drug-likeness (QED) is 0.212. The molecule has 0 aliphatic heterocycles. The zero-order chi connectivity index (χ0) is 25.2. The van der Waals surface area contributed by atoms with E-state index >= 15 is 0 Å². The van der Waals surface area contributed by atoms with Crippen molar-refractivity contribution >= 4 is 28.0 Å². The largest absolute Gasteiger partial charge is 0.436 e. The molecule has 0 saturated carbocycles. The van der Waals surface area contributed by atoms with Crippen LogP contribution in [0.1, 0.15) is 28.1 Å². The number of furan rings is 1. The Hall–Kier alpha value is -4.14. The third-order valence-corrected chi connectivity index (χ3v) is 7.16. The molecule has 0 fully saturated rings. The van der Waals surface area contributed by atoms with Crippen LogP contribution in [0.5, 0.6) is 0 Å². The molecule has 2 heterocycles. The maximum Gasteiger partial charge on any atom is 0.238 e. The average molecular weight is 534 g/mol. The highest BCUT2D eigenvalue weighted by Crippen LogP contribution is 2.42. The smallest absolute Gasteiger partial charge is 0.238 e. The van der Waals surface area contributed by atoms with Crippen molar-refractivity contribution in [3.05, 3.63) is 117 Å². The van der Waals surface area contributed by atoms with E-state index in [0.29, 0.717) is 17.2 Å². The number of hydrogen-bond acceptors (Lipinski definition) is 3. The first-order chi connectivity index (χ1) is 17.5. The summed E-state index contributed by atoms with van der Waals surface area (Å²) in [6, 6.07) is 30.4. The number of nitriles is 1. The highest BCUT2D eigenvalue weighted by Gasteiger charge is 2.22. The summed E-state index contributed by atoms with van der Waals surface area (Å²) >= 11 is 3.64. The van der Waals surface area contributed by atoms with E-state index in [-0.39, 0.29) is 0 Å². The molecule has 0 spiro atoms. The predicted molar refractivity (Wildman–Crippen MR) is 149 cm³/mol. The van der Waals surface area contributed by atoms with Gasteiger partial charge < -0.3 is 8.98 Å². The standard InChI is InChI=1S/C31H24BrN3O/c1-20-14-15-26(17-28(20)32)35-21(2)16-25(22(35)3)19-34-31-27(18-33)29(23-10-6-4-7-11-23)30(36-31)24-12-8-5-9-13-24/h4-17,19H,1-3H3/b34-19+. The van der Waals surface area contributed by atoms with E-state index in [4.69, 9.17) is 4.42 Å². The highest BCUT2D eigenvalue weighted by atomic mass is 79.9. The molecule has 0 unspecified atom stereocenters. The van der Waals surface area contributed by atoms with Crippen LogP contribution in [0.3, 0.4) is 0 Å². The van der Waals surface area contributed by atoms with Crippen LogP contribution < -0.4 is 0 Å². The van der Waals surface area contributed by atoms with Gasteiger partial charge in [0.25, 0.3) is 0 Å². The molecule has 5 rings (SSSR count). The van der Waals surface area contributed by atoms with Gasteiger partial charge in [0.15, 0.2) is 0 Å². The SMILES string of the molecule is Cc1ccc(-n2c(C)cc(/C=N/c3oc(-c4ccccc4)c(-c4ccccc4)c3C#N)c2C)cc1Br. The maximum absolute atomic E-state index is 10.1. The van der Waals surface area contributed by atoms with Crippen LogP contribution in [0.4, 0.5) is 5.88 Å². The predicted octanol–water partition coefficient (Wildman–Crippen LogP) is 8.71. The van der Waals surface area contributed by atoms with E-state index < -0.39 is 0 Å². The topological polar surface area (TPSA) is 54.2 Å². The van der Waals surface area contributed by atoms with Crippen molar-refractivity contribution < 1.29 is 4.42 Å². The summed E-state index contributed by atoms with van der Waals surface area (Å²) in [5, 5.41) is 10.1. The van der Waals surface area contributed by atoms with Gasteiger partial charge in [-0.05, 0) is 50.1 Å². The summed E-state index contributed by atoms with van der Waals surface area (Å²) in [7, 11) is 0. The molecule has 3 aromatic carbocycles. The third-order valence-electron chi connectivity index (χ3n) is 6.30. The number of nitrogens with zero attached hydrogens (tertiary/aromatic N) is 3. The van der Waals surface area contributed by atoms with E-state index in [9.17, 15) is 5.26 Å². The minimum Gasteiger partial charge on any atom is -0.436 e. The molecule has 0 aliphatic rings. The zero-order valence-electron chi connectivity index (χ0n) is 20.3. The van der Waals surface area contributed by atoms with Crippen LogP contribution in [0.25, 0.3) is 28.1 Å². The van der Waals surface area contributed by atoms with Crippen LogP contribution in [-0.2, 0) is 0 Å². The number of rotatable bonds is 5. The fraction of sp³-hybridized carbons (Fsp3) is 0.0968. The summed E-state index contributed by atoms with van der Waals surface area (Å²) in [6.07, 6.45) is 1.78. The van der Waals surface area contributed by atoms with Crippen LogP contribution in [0.15, 0.2) is 98.8 Å². The lowest BCUT2D eigenvalue weighted by atomic mass is 9.98. The third kappa shape index (κ3) is 4.32. The molecule has 0 radical (unpaired) electrons. The molecule has 4 nitrogen and oxygen atoms in total. The second-order valence-corrected chi connectivity index (χ2v) is 9.54. The van der Waals surface area contributed by atoms with Crippen molar-refractivity contribution in [3.63, 3.8) is 0 Å². The molecule has 5 heteroatoms. The van der Waals surface area contributed by atoms with Gasteiger partial charge in [-0.25, -0.2) is 4.99 Å². The van der Waals surface area contributed by atoms with E-state index in [1.54, 1.807) is 6.21 Å². The Kier molecular flexibility index (Phi) is 6.45. The van der Waals surface area contributed by atoms with Gasteiger partial charge in [-0.15, -0.1) is 0 Å². The van der Waals surface area contributed by atoms with Gasteiger partial charge in [0, 0.05) is 44.5 Å². The minimum absolute atomic E-state index is 0.304. The van der Waals surface area contributed by atoms with Gasteiger partial charge in [-0.2, -0.15) is 5.26 Å². The molecule has 0 aliphatic carbocycles. The van der Waals surface area contributed by atoms with Crippen LogP contribution in [0.2, 0.25) is 0 Å². The first-order valence-corrected chi connectivity index (χ1v) is 12.4. The summed E-state index contributed by atoms with van der Waals surface area (Å²) < 4.78 is 9.52. The Labute approximate surface area is 219 Å². The highest BCUT2D eigenvalue weighted by molar-refractivity contribution is 9.10. The average Bonchev–Trinajstić information content (AvgIpc) is 3.41. The van der Waals surface area contributed by atoms with Gasteiger partial charge in [0.1, 0.15) is 17.4 Å². The second-order valence-electron chi connectivity index (χ2n) is 8.68. The minimum atomic E-state index is 0.304. The summed E-state index contributed by atoms with van der Waals surface area (Å²) in [4.78, 5) is 4.68. The number of aryl methyl sites for hydroxylation is 2. The first-order valence-electron chi connectivity index (χ1n) is 11.6. The molecular formula is C31H24BrN3O. The molecular weight excluding hydrogens is 510 g/mol. The number of benzene rings is 3. The lowest BCUT2D eigenvalue weighted by Crippen LogP contribution is -2.00. The molecule has 176 valence electrons. The summed E-state index contributed by atoms with van der Waals surface area (Å²) in [6.45, 7) is 6.22. The van der Waals surface area contributed by atoms with Crippen molar-refractivity contribution in [2.24, 2.45) is 4.99 Å². The van der Waals surface area contributed by atoms with Gasteiger partial charge in [0.2, 0.25) is 5.88 Å². The Morgan fingerprint density at radius 3 is 2.19 bits per heavy atom. The Bertz CT molecular complexity index is 1620. The van der Waals surface area contributed by atoms with Gasteiger partial charge in [0.05, 0.1) is 0 Å². The van der Waals surface area contributed by atoms with Crippen LogP contribution in [0, 0.1) is 32.1 Å². The number of aromatic nitrogens is 1. The second kappa shape index (κ2) is 9.85. The first kappa shape index (κ1) is 23.6. The monoisotopic (exact) mass is 533 g/mol. The molecule has 5 aromatic rings. The molecule has 36 heavy (non-hydrogen) atoms. The number of aliphatic imine (C=N–C) groups is 1. The van der Waals surface area contributed by atoms with E-state index in [2.05, 4.69) is 76.6 Å². The lowest BCUT2D eigenvalue weighted by molar-refractivity contribution is 0.593. The van der Waals surface area contributed by atoms with Gasteiger partial charge in [-0.1, -0.05) is 82.7 Å². The fourth-order valence-corrected chi connectivity index (χ4v) is 4.82. The van der Waals surface area contributed by atoms with Crippen molar-refractivity contribution in [3.8, 4) is 34.2 Å². The summed E-state index contributed by atoms with van der Waals surface area (Å²) in [5.74, 6) is 0.943. The Balaban J connectivity index is 1.61. The van der Waals surface area contributed by atoms with E-state index in [0.717, 1.165) is 43.8 Å². The van der Waals surface area contributed by atoms with Crippen molar-refractivity contribution in [1.29, 1.82) is 5.26 Å². The molecule has 0 N–H and O–H groups in total. The van der Waals surface area contributed by atoms with Crippen molar-refractivity contribution in [2.75, 3.05) is 0 Å². The molecule has 0 amide bonds. The number of hydrogen-bond donors (Lipinski definition) is 0. The van der Waals surface area contributed by atoms with Crippen LogP contribution >= 0.6 is 15.9 Å². The lowest BCUT2D eigenvalue weighted by Gasteiger charge is -2.11. The van der Waals surface area contributed by atoms with Gasteiger partial charge in [-0.3, -0.25) is 0 Å². The van der Waals surface area contributed by atoms with E-state index in [1.165, 1.54) is 5.56 Å². The molecule has 0 bridgehead atoms. The summed E-state index contributed by atoms with van der Waals surface area (Å²) in [5.41, 5.74) is 8.39. The van der Waals surface area contributed by atoms with E-state index in [1.807, 2.05) is 60.7 Å². The Morgan fingerprint density at radius 1 is 0.889 bits per heavy atom. The molecule has 0 atom stereocenters.